The van der Waals surface area contributed by atoms with E-state index in [2.05, 4.69) is 28.2 Å². The smallest absolute Gasteiger partial charge is 0.261 e. The van der Waals surface area contributed by atoms with Gasteiger partial charge in [0.25, 0.3) is 5.91 Å². The molecule has 6 nitrogen and oxygen atoms in total. The van der Waals surface area contributed by atoms with Gasteiger partial charge in [-0.05, 0) is 85.4 Å². The zero-order valence-corrected chi connectivity index (χ0v) is 21.3. The van der Waals surface area contributed by atoms with Crippen molar-refractivity contribution in [1.82, 2.24) is 10.2 Å². The second-order valence-corrected chi connectivity index (χ2v) is 9.55. The molecule has 0 heterocycles. The number of ether oxygens (including phenoxy) is 2. The Morgan fingerprint density at radius 2 is 1.72 bits per heavy atom. The second kappa shape index (κ2) is 11.4. The van der Waals surface area contributed by atoms with E-state index in [1.54, 1.807) is 14.0 Å². The maximum Gasteiger partial charge on any atom is 0.261 e. The molecule has 0 aliphatic rings. The quantitative estimate of drug-likeness (QED) is 0.535. The Kier molecular flexibility index (Phi) is 9.13. The van der Waals surface area contributed by atoms with Gasteiger partial charge in [-0.3, -0.25) is 9.59 Å². The highest BCUT2D eigenvalue weighted by molar-refractivity contribution is 9.10. The van der Waals surface area contributed by atoms with Gasteiger partial charge in [0, 0.05) is 12.1 Å². The van der Waals surface area contributed by atoms with Crippen molar-refractivity contribution in [3.63, 3.8) is 0 Å². The van der Waals surface area contributed by atoms with E-state index in [9.17, 15) is 9.59 Å². The first-order valence-corrected chi connectivity index (χ1v) is 11.5. The second-order valence-electron chi connectivity index (χ2n) is 8.69. The van der Waals surface area contributed by atoms with E-state index >= 15 is 0 Å². The first kappa shape index (κ1) is 25.7. The van der Waals surface area contributed by atoms with Gasteiger partial charge < -0.3 is 19.7 Å². The first-order chi connectivity index (χ1) is 15.0. The zero-order chi connectivity index (χ0) is 23.9. The van der Waals surface area contributed by atoms with Crippen LogP contribution in [0.15, 0.2) is 46.9 Å². The number of hydrogen-bond acceptors (Lipinski definition) is 4. The Hall–Kier alpha value is -2.54. The lowest BCUT2D eigenvalue weighted by Crippen LogP contribution is -2.53. The van der Waals surface area contributed by atoms with Crippen LogP contribution >= 0.6 is 15.9 Å². The molecule has 1 N–H and O–H groups in total. The molecule has 174 valence electrons. The standard InChI is InChI=1S/C25H33BrN2O4/c1-7-18-10-13-22(21(26)14-18)32-16-23(29)28(17(2)24(30)27-25(3,4)5)15-19-8-11-20(31-6)12-9-19/h8-14,17H,7,15-16H2,1-6H3,(H,27,30)/t17-/m1/s1. The Bertz CT molecular complexity index is 923. The molecule has 0 saturated heterocycles. The van der Waals surface area contributed by atoms with Crippen molar-refractivity contribution in [3.8, 4) is 11.5 Å². The molecule has 2 aromatic carbocycles. The molecule has 0 saturated carbocycles. The Morgan fingerprint density at radius 3 is 2.25 bits per heavy atom. The first-order valence-electron chi connectivity index (χ1n) is 10.7. The molecular formula is C25H33BrN2O4. The van der Waals surface area contributed by atoms with Gasteiger partial charge in [0.05, 0.1) is 11.6 Å². The highest BCUT2D eigenvalue weighted by atomic mass is 79.9. The van der Waals surface area contributed by atoms with Gasteiger partial charge in [-0.2, -0.15) is 0 Å². The summed E-state index contributed by atoms with van der Waals surface area (Å²) in [5, 5.41) is 2.95. The normalized spacial score (nSPS) is 12.1. The predicted octanol–water partition coefficient (Wildman–Crippen LogP) is 4.73. The number of benzene rings is 2. The molecule has 2 amide bonds. The summed E-state index contributed by atoms with van der Waals surface area (Å²) in [4.78, 5) is 27.5. The number of amides is 2. The largest absolute Gasteiger partial charge is 0.497 e. The lowest BCUT2D eigenvalue weighted by molar-refractivity contribution is -0.142. The number of hydrogen-bond donors (Lipinski definition) is 1. The summed E-state index contributed by atoms with van der Waals surface area (Å²) >= 11 is 3.50. The fraction of sp³-hybridized carbons (Fsp3) is 0.440. The Morgan fingerprint density at radius 1 is 1.09 bits per heavy atom. The molecule has 2 aromatic rings. The van der Waals surface area contributed by atoms with E-state index in [-0.39, 0.29) is 25.0 Å². The fourth-order valence-corrected chi connectivity index (χ4v) is 3.63. The van der Waals surface area contributed by atoms with Crippen molar-refractivity contribution < 1.29 is 19.1 Å². The molecule has 0 aliphatic heterocycles. The van der Waals surface area contributed by atoms with E-state index in [0.717, 1.165) is 22.2 Å². The van der Waals surface area contributed by atoms with Gasteiger partial charge in [-0.25, -0.2) is 0 Å². The fourth-order valence-electron chi connectivity index (χ4n) is 3.09. The maximum atomic E-state index is 13.2. The molecule has 1 atom stereocenters. The Labute approximate surface area is 199 Å². The van der Waals surface area contributed by atoms with E-state index in [1.807, 2.05) is 63.2 Å². The zero-order valence-electron chi connectivity index (χ0n) is 19.7. The summed E-state index contributed by atoms with van der Waals surface area (Å²) in [5.74, 6) is 0.831. The average Bonchev–Trinajstić information content (AvgIpc) is 2.75. The number of halogens is 1. The number of methoxy groups -OCH3 is 1. The van der Waals surface area contributed by atoms with Gasteiger partial charge >= 0.3 is 0 Å². The molecule has 0 radical (unpaired) electrons. The van der Waals surface area contributed by atoms with Crippen LogP contribution in [0, 0.1) is 0 Å². The van der Waals surface area contributed by atoms with E-state index in [0.29, 0.717) is 5.75 Å². The van der Waals surface area contributed by atoms with Crippen LogP contribution in [0.5, 0.6) is 11.5 Å². The van der Waals surface area contributed by atoms with E-state index in [4.69, 9.17) is 9.47 Å². The molecule has 0 aliphatic carbocycles. The third-order valence-electron chi connectivity index (χ3n) is 4.93. The number of carbonyl (C=O) groups is 2. The molecular weight excluding hydrogens is 472 g/mol. The number of rotatable bonds is 9. The highest BCUT2D eigenvalue weighted by Crippen LogP contribution is 2.26. The van der Waals surface area contributed by atoms with E-state index < -0.39 is 11.6 Å². The van der Waals surface area contributed by atoms with Crippen LogP contribution < -0.4 is 14.8 Å². The maximum absolute atomic E-state index is 13.2. The highest BCUT2D eigenvalue weighted by Gasteiger charge is 2.28. The minimum absolute atomic E-state index is 0.173. The third kappa shape index (κ3) is 7.55. The van der Waals surface area contributed by atoms with Crippen molar-refractivity contribution >= 4 is 27.7 Å². The van der Waals surface area contributed by atoms with Crippen molar-refractivity contribution in [1.29, 1.82) is 0 Å². The van der Waals surface area contributed by atoms with Gasteiger partial charge in [0.15, 0.2) is 6.61 Å². The number of nitrogens with zero attached hydrogens (tertiary/aromatic N) is 1. The van der Waals surface area contributed by atoms with Gasteiger partial charge in [-0.1, -0.05) is 25.1 Å². The summed E-state index contributed by atoms with van der Waals surface area (Å²) in [6.45, 7) is 9.64. The summed E-state index contributed by atoms with van der Waals surface area (Å²) in [7, 11) is 1.60. The van der Waals surface area contributed by atoms with Crippen LogP contribution in [0.2, 0.25) is 0 Å². The van der Waals surface area contributed by atoms with Gasteiger partial charge in [0.2, 0.25) is 5.91 Å². The molecule has 32 heavy (non-hydrogen) atoms. The number of aryl methyl sites for hydroxylation is 1. The molecule has 0 aromatic heterocycles. The third-order valence-corrected chi connectivity index (χ3v) is 5.55. The average molecular weight is 505 g/mol. The van der Waals surface area contributed by atoms with Crippen LogP contribution in [0.4, 0.5) is 0 Å². The topological polar surface area (TPSA) is 67.9 Å². The SMILES string of the molecule is CCc1ccc(OCC(=O)N(Cc2ccc(OC)cc2)[C@H](C)C(=O)NC(C)(C)C)c(Br)c1. The van der Waals surface area contributed by atoms with Crippen LogP contribution in [0.25, 0.3) is 0 Å². The summed E-state index contributed by atoms with van der Waals surface area (Å²) < 4.78 is 11.8. The van der Waals surface area contributed by atoms with Crippen molar-refractivity contribution in [3.05, 3.63) is 58.1 Å². The van der Waals surface area contributed by atoms with Crippen LogP contribution in [-0.4, -0.2) is 42.0 Å². The van der Waals surface area contributed by atoms with Crippen molar-refractivity contribution in [2.45, 2.75) is 59.2 Å². The van der Waals surface area contributed by atoms with Gasteiger partial charge in [-0.15, -0.1) is 0 Å². The molecule has 0 spiro atoms. The predicted molar refractivity (Wildman–Crippen MR) is 130 cm³/mol. The minimum atomic E-state index is -0.668. The van der Waals surface area contributed by atoms with E-state index in [1.165, 1.54) is 10.5 Å². The number of carbonyl (C=O) groups excluding carboxylic acids is 2. The minimum Gasteiger partial charge on any atom is -0.497 e. The summed E-state index contributed by atoms with van der Waals surface area (Å²) in [6, 6.07) is 12.6. The summed E-state index contributed by atoms with van der Waals surface area (Å²) in [6.07, 6.45) is 0.911. The van der Waals surface area contributed by atoms with Crippen molar-refractivity contribution in [2.24, 2.45) is 0 Å². The molecule has 0 fully saturated rings. The van der Waals surface area contributed by atoms with Crippen LogP contribution in [-0.2, 0) is 22.6 Å². The number of nitrogens with one attached hydrogen (secondary N) is 1. The molecule has 7 heteroatoms. The van der Waals surface area contributed by atoms with Gasteiger partial charge in [0.1, 0.15) is 17.5 Å². The van der Waals surface area contributed by atoms with Crippen LogP contribution in [0.1, 0.15) is 45.7 Å². The summed E-state index contributed by atoms with van der Waals surface area (Å²) in [5.41, 5.74) is 1.66. The molecule has 2 rings (SSSR count). The lowest BCUT2D eigenvalue weighted by Gasteiger charge is -2.31. The molecule has 0 bridgehead atoms. The monoisotopic (exact) mass is 504 g/mol. The van der Waals surface area contributed by atoms with Crippen molar-refractivity contribution in [2.75, 3.05) is 13.7 Å². The lowest BCUT2D eigenvalue weighted by atomic mass is 10.1. The Balaban J connectivity index is 2.19. The van der Waals surface area contributed by atoms with Crippen LogP contribution in [0.3, 0.4) is 0 Å². The molecule has 0 unspecified atom stereocenters.